The van der Waals surface area contributed by atoms with E-state index in [1.807, 2.05) is 19.1 Å². The molecule has 0 amide bonds. The maximum Gasteiger partial charge on any atom is 0.168 e. The van der Waals surface area contributed by atoms with Gasteiger partial charge in [-0.05, 0) is 24.6 Å². The molecule has 0 saturated carbocycles. The van der Waals surface area contributed by atoms with Gasteiger partial charge in [-0.25, -0.2) is 0 Å². The van der Waals surface area contributed by atoms with E-state index in [1.165, 1.54) is 18.3 Å². The van der Waals surface area contributed by atoms with Crippen LogP contribution in [0.1, 0.15) is 32.7 Å². The van der Waals surface area contributed by atoms with Gasteiger partial charge in [0, 0.05) is 18.2 Å². The van der Waals surface area contributed by atoms with E-state index in [2.05, 4.69) is 4.99 Å². The zero-order valence-electron chi connectivity index (χ0n) is 11.6. The number of hydrogen-bond acceptors (Lipinski definition) is 4. The van der Waals surface area contributed by atoms with Crippen molar-refractivity contribution in [1.82, 2.24) is 0 Å². The summed E-state index contributed by atoms with van der Waals surface area (Å²) >= 11 is 0. The molecule has 0 N–H and O–H groups in total. The van der Waals surface area contributed by atoms with E-state index in [0.717, 1.165) is 5.56 Å². The van der Waals surface area contributed by atoms with E-state index < -0.39 is 5.97 Å². The Balaban J connectivity index is 1.97. The lowest BCUT2D eigenvalue weighted by Gasteiger charge is -2.01. The molecule has 0 bridgehead atoms. The summed E-state index contributed by atoms with van der Waals surface area (Å²) in [5.74, 6) is -1.23. The lowest BCUT2D eigenvalue weighted by molar-refractivity contribution is -0.255. The predicted molar refractivity (Wildman–Crippen MR) is 79.1 cm³/mol. The first-order valence-electron chi connectivity index (χ1n) is 6.50. The molecule has 0 spiro atoms. The van der Waals surface area contributed by atoms with Crippen molar-refractivity contribution in [2.24, 2.45) is 4.99 Å². The van der Waals surface area contributed by atoms with Gasteiger partial charge in [0.25, 0.3) is 0 Å². The second kappa shape index (κ2) is 6.61. The van der Waals surface area contributed by atoms with Crippen LogP contribution < -0.4 is 5.11 Å². The fourth-order valence-electron chi connectivity index (χ4n) is 1.77. The molecule has 2 aromatic carbocycles. The number of aliphatic imine (C=N–C) groups is 1. The first kappa shape index (κ1) is 14.7. The Kier molecular flexibility index (Phi) is 4.61. The summed E-state index contributed by atoms with van der Waals surface area (Å²) in [6, 6.07) is 13.3. The van der Waals surface area contributed by atoms with E-state index in [4.69, 9.17) is 0 Å². The molecule has 4 nitrogen and oxygen atoms in total. The van der Waals surface area contributed by atoms with Crippen LogP contribution in [0.5, 0.6) is 0 Å². The monoisotopic (exact) mass is 280 g/mol. The number of aromatic carboxylic acids is 1. The molecule has 2 aromatic rings. The van der Waals surface area contributed by atoms with Crippen LogP contribution >= 0.6 is 0 Å². The number of carbonyl (C=O) groups is 2. The van der Waals surface area contributed by atoms with Crippen molar-refractivity contribution >= 4 is 23.7 Å². The van der Waals surface area contributed by atoms with Crippen molar-refractivity contribution in [3.63, 3.8) is 0 Å². The third-order valence-electron chi connectivity index (χ3n) is 2.99. The van der Waals surface area contributed by atoms with Gasteiger partial charge in [-0.3, -0.25) is 9.79 Å². The first-order chi connectivity index (χ1) is 10.1. The molecule has 106 valence electrons. The summed E-state index contributed by atoms with van der Waals surface area (Å²) in [7, 11) is 0. The van der Waals surface area contributed by atoms with Crippen LogP contribution in [0.25, 0.3) is 0 Å². The summed E-state index contributed by atoms with van der Waals surface area (Å²) < 4.78 is 0. The number of Topliss-reactive ketones (excluding diaryl/α,β-unsaturated/α-hetero) is 1. The van der Waals surface area contributed by atoms with Gasteiger partial charge in [-0.1, -0.05) is 42.0 Å². The average Bonchev–Trinajstić information content (AvgIpc) is 2.48. The summed E-state index contributed by atoms with van der Waals surface area (Å²) in [5.41, 5.74) is 2.45. The molecule has 0 fully saturated rings. The fraction of sp³-hybridized carbons (Fsp3) is 0.118. The lowest BCUT2D eigenvalue weighted by atomic mass is 10.1. The molecule has 4 heteroatoms. The molecule has 0 aromatic heterocycles. The summed E-state index contributed by atoms with van der Waals surface area (Å²) in [5, 5.41) is 10.6. The fourth-order valence-corrected chi connectivity index (χ4v) is 1.77. The van der Waals surface area contributed by atoms with E-state index in [9.17, 15) is 14.7 Å². The van der Waals surface area contributed by atoms with Gasteiger partial charge in [0.05, 0.1) is 11.7 Å². The Morgan fingerprint density at radius 1 is 1.00 bits per heavy atom. The number of ketones is 1. The van der Waals surface area contributed by atoms with Crippen LogP contribution in [0.2, 0.25) is 0 Å². The highest BCUT2D eigenvalue weighted by Crippen LogP contribution is 2.12. The molecule has 0 aliphatic rings. The molecule has 0 aliphatic heterocycles. The quantitative estimate of drug-likeness (QED) is 0.623. The lowest BCUT2D eigenvalue weighted by Crippen LogP contribution is -2.21. The van der Waals surface area contributed by atoms with Crippen molar-refractivity contribution in [2.75, 3.05) is 0 Å². The van der Waals surface area contributed by atoms with Crippen molar-refractivity contribution in [1.29, 1.82) is 0 Å². The molecule has 21 heavy (non-hydrogen) atoms. The number of carbonyl (C=O) groups excluding carboxylic acids is 2. The Labute approximate surface area is 122 Å². The van der Waals surface area contributed by atoms with Gasteiger partial charge in [0.1, 0.15) is 0 Å². The molecule has 0 unspecified atom stereocenters. The van der Waals surface area contributed by atoms with Crippen LogP contribution in [0.4, 0.5) is 5.69 Å². The maximum atomic E-state index is 11.9. The number of carboxylic acids is 1. The minimum atomic E-state index is -1.22. The van der Waals surface area contributed by atoms with Gasteiger partial charge in [0.2, 0.25) is 0 Å². The smallest absolute Gasteiger partial charge is 0.168 e. The van der Waals surface area contributed by atoms with E-state index in [-0.39, 0.29) is 17.8 Å². The van der Waals surface area contributed by atoms with Gasteiger partial charge in [0.15, 0.2) is 5.78 Å². The molecule has 2 rings (SSSR count). The Morgan fingerprint density at radius 2 is 1.57 bits per heavy atom. The molecular weight excluding hydrogens is 266 g/mol. The summed E-state index contributed by atoms with van der Waals surface area (Å²) in [6.45, 7) is 1.96. The van der Waals surface area contributed by atoms with Gasteiger partial charge >= 0.3 is 0 Å². The summed E-state index contributed by atoms with van der Waals surface area (Å²) in [6.07, 6.45) is 1.72. The normalized spacial score (nSPS) is 10.7. The number of benzene rings is 2. The van der Waals surface area contributed by atoms with Gasteiger partial charge in [-0.15, -0.1) is 0 Å². The second-order valence-electron chi connectivity index (χ2n) is 4.64. The number of carboxylic acid groups (broad SMARTS) is 1. The number of aryl methyl sites for hydroxylation is 1. The predicted octanol–water partition coefficient (Wildman–Crippen LogP) is 2.33. The second-order valence-corrected chi connectivity index (χ2v) is 4.64. The van der Waals surface area contributed by atoms with Crippen LogP contribution in [0, 0.1) is 6.92 Å². The van der Waals surface area contributed by atoms with Crippen molar-refractivity contribution < 1.29 is 14.7 Å². The van der Waals surface area contributed by atoms with Gasteiger partial charge < -0.3 is 9.90 Å². The highest BCUT2D eigenvalue weighted by molar-refractivity contribution is 6.03. The first-order valence-corrected chi connectivity index (χ1v) is 6.50. The Bertz CT molecular complexity index is 670. The van der Waals surface area contributed by atoms with Crippen LogP contribution in [-0.4, -0.2) is 18.0 Å². The van der Waals surface area contributed by atoms with E-state index >= 15 is 0 Å². The minimum Gasteiger partial charge on any atom is -0.545 e. The van der Waals surface area contributed by atoms with Gasteiger partial charge in [-0.2, -0.15) is 0 Å². The highest BCUT2D eigenvalue weighted by Gasteiger charge is 2.03. The average molecular weight is 280 g/mol. The zero-order chi connectivity index (χ0) is 15.2. The van der Waals surface area contributed by atoms with Crippen molar-refractivity contribution in [2.45, 2.75) is 13.3 Å². The van der Waals surface area contributed by atoms with Crippen molar-refractivity contribution in [3.8, 4) is 0 Å². The minimum absolute atomic E-state index is 0.00916. The molecule has 0 saturated heterocycles. The number of nitrogens with zero attached hydrogens (tertiary/aromatic N) is 1. The molecule has 0 radical (unpaired) electrons. The van der Waals surface area contributed by atoms with Crippen LogP contribution in [0.15, 0.2) is 53.5 Å². The van der Waals surface area contributed by atoms with Crippen molar-refractivity contribution in [3.05, 3.63) is 65.2 Å². The highest BCUT2D eigenvalue weighted by atomic mass is 16.4. The summed E-state index contributed by atoms with van der Waals surface area (Å²) in [4.78, 5) is 26.6. The Hall–Kier alpha value is -2.75. The molecule has 0 heterocycles. The molecule has 0 aliphatic carbocycles. The van der Waals surface area contributed by atoms with Crippen LogP contribution in [0.3, 0.4) is 0 Å². The zero-order valence-corrected chi connectivity index (χ0v) is 11.6. The largest absolute Gasteiger partial charge is 0.545 e. The number of hydrogen-bond donors (Lipinski definition) is 0. The topological polar surface area (TPSA) is 69.6 Å². The molecular formula is C17H14NO3-. The third kappa shape index (κ3) is 4.11. The SMILES string of the molecule is Cc1ccc(C(=O)CC=Nc2ccc(C(=O)[O-])cc2)cc1. The van der Waals surface area contributed by atoms with E-state index in [0.29, 0.717) is 11.3 Å². The molecule has 0 atom stereocenters. The standard InChI is InChI=1S/C17H15NO3/c1-12-2-4-13(5-3-12)16(19)10-11-18-15-8-6-14(7-9-15)17(20)21/h2-9,11H,10H2,1H3,(H,20,21)/p-1. The maximum absolute atomic E-state index is 11.9. The Morgan fingerprint density at radius 3 is 2.14 bits per heavy atom. The number of rotatable bonds is 5. The van der Waals surface area contributed by atoms with E-state index in [1.54, 1.807) is 24.3 Å². The third-order valence-corrected chi connectivity index (χ3v) is 2.99. The van der Waals surface area contributed by atoms with Crippen LogP contribution in [-0.2, 0) is 0 Å².